The minimum Gasteiger partial charge on any atom is -0.433 e. The van der Waals surface area contributed by atoms with E-state index < -0.39 is 12.5 Å². The number of carbonyl (C=O) groups is 1. The SMILES string of the molecule is Cc1cnc(Nc2ccc(N3CCC4(CCN(C)CC4)CC3)cc2OC(F)F)nc1Nc1ccsc1C(N)=O. The zero-order chi connectivity index (χ0) is 27.6. The molecule has 2 aliphatic heterocycles. The number of amides is 1. The fraction of sp³-hybridized carbons (Fsp3) is 0.444. The highest BCUT2D eigenvalue weighted by Gasteiger charge is 2.37. The molecular weight excluding hydrogens is 524 g/mol. The van der Waals surface area contributed by atoms with Gasteiger partial charge < -0.3 is 30.9 Å². The fourth-order valence-electron chi connectivity index (χ4n) is 5.31. The summed E-state index contributed by atoms with van der Waals surface area (Å²) in [5, 5.41) is 7.88. The minimum absolute atomic E-state index is 0.0228. The van der Waals surface area contributed by atoms with Crippen molar-refractivity contribution < 1.29 is 18.3 Å². The summed E-state index contributed by atoms with van der Waals surface area (Å²) < 4.78 is 31.6. The van der Waals surface area contributed by atoms with E-state index in [1.807, 2.05) is 13.0 Å². The number of primary amides is 1. The van der Waals surface area contributed by atoms with Gasteiger partial charge in [-0.05, 0) is 81.7 Å². The molecule has 1 aromatic carbocycles. The summed E-state index contributed by atoms with van der Waals surface area (Å²) in [6.07, 6.45) is 6.22. The van der Waals surface area contributed by atoms with Crippen molar-refractivity contribution in [3.63, 3.8) is 0 Å². The van der Waals surface area contributed by atoms with Crippen LogP contribution in [0.4, 0.5) is 37.6 Å². The number of halogens is 2. The topological polar surface area (TPSA) is 109 Å². The molecule has 0 saturated carbocycles. The van der Waals surface area contributed by atoms with Gasteiger partial charge in [-0.25, -0.2) is 4.98 Å². The van der Waals surface area contributed by atoms with Crippen molar-refractivity contribution in [1.82, 2.24) is 14.9 Å². The Morgan fingerprint density at radius 2 is 1.82 bits per heavy atom. The molecule has 5 rings (SSSR count). The third-order valence-electron chi connectivity index (χ3n) is 7.78. The van der Waals surface area contributed by atoms with Crippen LogP contribution in [0.5, 0.6) is 5.75 Å². The van der Waals surface area contributed by atoms with Gasteiger partial charge in [0.15, 0.2) is 5.75 Å². The highest BCUT2D eigenvalue weighted by Crippen LogP contribution is 2.43. The van der Waals surface area contributed by atoms with Gasteiger partial charge in [-0.1, -0.05) is 0 Å². The van der Waals surface area contributed by atoms with E-state index in [1.54, 1.807) is 29.8 Å². The number of thiophene rings is 1. The number of carbonyl (C=O) groups excluding carboxylic acids is 1. The lowest BCUT2D eigenvalue weighted by molar-refractivity contribution is -0.0493. The van der Waals surface area contributed by atoms with Crippen molar-refractivity contribution in [1.29, 1.82) is 0 Å². The third kappa shape index (κ3) is 6.22. The van der Waals surface area contributed by atoms with Crippen LogP contribution in [0.2, 0.25) is 0 Å². The van der Waals surface area contributed by atoms with Gasteiger partial charge in [0.25, 0.3) is 5.91 Å². The largest absolute Gasteiger partial charge is 0.433 e. The highest BCUT2D eigenvalue weighted by atomic mass is 32.1. The summed E-state index contributed by atoms with van der Waals surface area (Å²) >= 11 is 1.23. The number of hydrogen-bond donors (Lipinski definition) is 3. The smallest absolute Gasteiger partial charge is 0.387 e. The van der Waals surface area contributed by atoms with Crippen molar-refractivity contribution >= 4 is 46.1 Å². The molecule has 12 heteroatoms. The van der Waals surface area contributed by atoms with Gasteiger partial charge in [-0.2, -0.15) is 13.8 Å². The minimum atomic E-state index is -2.98. The van der Waals surface area contributed by atoms with Gasteiger partial charge in [0.1, 0.15) is 10.7 Å². The second-order valence-electron chi connectivity index (χ2n) is 10.4. The van der Waals surface area contributed by atoms with E-state index in [1.165, 1.54) is 24.2 Å². The molecule has 0 unspecified atom stereocenters. The van der Waals surface area contributed by atoms with Crippen LogP contribution >= 0.6 is 11.3 Å². The first-order valence-electron chi connectivity index (χ1n) is 13.0. The van der Waals surface area contributed by atoms with Crippen molar-refractivity contribution in [2.45, 2.75) is 39.2 Å². The lowest BCUT2D eigenvalue weighted by Crippen LogP contribution is -2.46. The molecule has 2 saturated heterocycles. The molecule has 4 heterocycles. The van der Waals surface area contributed by atoms with Crippen LogP contribution in [0.1, 0.15) is 40.9 Å². The fourth-order valence-corrected chi connectivity index (χ4v) is 6.01. The molecule has 2 aliphatic rings. The normalized spacial score (nSPS) is 17.4. The zero-order valence-electron chi connectivity index (χ0n) is 22.0. The second-order valence-corrected chi connectivity index (χ2v) is 11.3. The van der Waals surface area contributed by atoms with Crippen LogP contribution in [0.3, 0.4) is 0 Å². The van der Waals surface area contributed by atoms with Crippen LogP contribution in [0, 0.1) is 12.3 Å². The van der Waals surface area contributed by atoms with Crippen LogP contribution in [0.25, 0.3) is 0 Å². The van der Waals surface area contributed by atoms with E-state index in [2.05, 4.69) is 37.4 Å². The zero-order valence-corrected chi connectivity index (χ0v) is 22.9. The predicted molar refractivity (Wildman–Crippen MR) is 150 cm³/mol. The first-order chi connectivity index (χ1) is 18.7. The molecule has 0 aliphatic carbocycles. The monoisotopic (exact) mass is 557 g/mol. The predicted octanol–water partition coefficient (Wildman–Crippen LogP) is 5.35. The molecule has 3 aromatic rings. The molecule has 9 nitrogen and oxygen atoms in total. The molecule has 4 N–H and O–H groups in total. The van der Waals surface area contributed by atoms with E-state index in [-0.39, 0.29) is 11.7 Å². The van der Waals surface area contributed by atoms with Gasteiger partial charge in [-0.3, -0.25) is 4.79 Å². The van der Waals surface area contributed by atoms with Gasteiger partial charge >= 0.3 is 6.61 Å². The number of rotatable bonds is 8. The average molecular weight is 558 g/mol. The van der Waals surface area contributed by atoms with Crippen molar-refractivity contribution in [2.75, 3.05) is 48.8 Å². The molecular formula is C27H33F2N7O2S. The number of nitrogens with two attached hydrogens (primary N) is 1. The summed E-state index contributed by atoms with van der Waals surface area (Å²) in [6.45, 7) is 2.87. The summed E-state index contributed by atoms with van der Waals surface area (Å²) in [6, 6.07) is 7.01. The summed E-state index contributed by atoms with van der Waals surface area (Å²) in [7, 11) is 2.17. The quantitative estimate of drug-likeness (QED) is 0.340. The number of alkyl halides is 2. The first kappa shape index (κ1) is 27.1. The molecule has 39 heavy (non-hydrogen) atoms. The Balaban J connectivity index is 1.33. The van der Waals surface area contributed by atoms with E-state index in [0.29, 0.717) is 27.5 Å². The van der Waals surface area contributed by atoms with Crippen molar-refractivity contribution in [3.05, 3.63) is 46.3 Å². The van der Waals surface area contributed by atoms with E-state index in [9.17, 15) is 13.6 Å². The second kappa shape index (κ2) is 11.3. The third-order valence-corrected chi connectivity index (χ3v) is 8.71. The number of nitrogens with one attached hydrogen (secondary N) is 2. The number of aromatic nitrogens is 2. The Kier molecular flexibility index (Phi) is 7.85. The molecule has 2 aromatic heterocycles. The number of aryl methyl sites for hydroxylation is 1. The van der Waals surface area contributed by atoms with Gasteiger partial charge in [-0.15, -0.1) is 11.3 Å². The molecule has 1 amide bonds. The number of benzene rings is 1. The number of anilines is 5. The Hall–Kier alpha value is -3.51. The van der Waals surface area contributed by atoms with Crippen molar-refractivity contribution in [3.8, 4) is 5.75 Å². The average Bonchev–Trinajstić information content (AvgIpc) is 3.38. The van der Waals surface area contributed by atoms with Crippen molar-refractivity contribution in [2.24, 2.45) is 11.1 Å². The van der Waals surface area contributed by atoms with Gasteiger partial charge in [0.2, 0.25) is 5.95 Å². The summed E-state index contributed by atoms with van der Waals surface area (Å²) in [5.41, 5.74) is 8.29. The van der Waals surface area contributed by atoms with E-state index in [4.69, 9.17) is 10.5 Å². The molecule has 0 atom stereocenters. The number of hydrogen-bond acceptors (Lipinski definition) is 9. The van der Waals surface area contributed by atoms with Crippen LogP contribution < -0.4 is 26.0 Å². The van der Waals surface area contributed by atoms with Crippen LogP contribution in [-0.2, 0) is 0 Å². The maximum atomic E-state index is 13.4. The number of nitrogens with zero attached hydrogens (tertiary/aromatic N) is 4. The molecule has 0 radical (unpaired) electrons. The van der Waals surface area contributed by atoms with E-state index in [0.717, 1.165) is 50.3 Å². The van der Waals surface area contributed by atoms with Gasteiger partial charge in [0.05, 0.1) is 11.4 Å². The summed E-state index contributed by atoms with van der Waals surface area (Å²) in [5.74, 6) is 0.127. The number of ether oxygens (including phenoxy) is 1. The number of likely N-dealkylation sites (tertiary alicyclic amines) is 1. The lowest BCUT2D eigenvalue weighted by Gasteiger charge is -2.47. The Morgan fingerprint density at radius 1 is 1.10 bits per heavy atom. The Bertz CT molecular complexity index is 1320. The molecule has 0 bridgehead atoms. The maximum absolute atomic E-state index is 13.4. The first-order valence-corrected chi connectivity index (χ1v) is 13.9. The lowest BCUT2D eigenvalue weighted by atomic mass is 9.71. The Morgan fingerprint density at radius 3 is 2.51 bits per heavy atom. The maximum Gasteiger partial charge on any atom is 0.387 e. The van der Waals surface area contributed by atoms with Crippen LogP contribution in [0.15, 0.2) is 35.8 Å². The Labute approximate surface area is 230 Å². The van der Waals surface area contributed by atoms with E-state index >= 15 is 0 Å². The molecule has 1 spiro atoms. The van der Waals surface area contributed by atoms with Gasteiger partial charge in [0, 0.05) is 36.6 Å². The molecule has 2 fully saturated rings. The van der Waals surface area contributed by atoms with Crippen LogP contribution in [-0.4, -0.2) is 60.6 Å². The highest BCUT2D eigenvalue weighted by molar-refractivity contribution is 7.12. The standard InChI is InChI=1S/C27H33F2N7O2S/c1-17-16-31-26(34-24(17)32-20-5-14-39-22(20)23(30)37)33-19-4-3-18(15-21(19)38-25(28)29)36-12-8-27(9-13-36)6-10-35(2)11-7-27/h3-5,14-16,25H,6-13H2,1-2H3,(H2,30,37)(H2,31,32,33,34). The number of piperidine rings is 2. The summed E-state index contributed by atoms with van der Waals surface area (Å²) in [4.78, 5) is 25.5. The molecule has 208 valence electrons.